The van der Waals surface area contributed by atoms with Gasteiger partial charge in [0.2, 0.25) is 11.1 Å². The monoisotopic (exact) mass is 538 g/mol. The Labute approximate surface area is 252 Å². The molecule has 1 fully saturated rings. The third kappa shape index (κ3) is 6.31. The number of carbonyl (C=O) groups excluding carboxylic acids is 2. The normalized spacial score (nSPS) is 18.5. The van der Waals surface area contributed by atoms with Crippen molar-refractivity contribution in [3.63, 3.8) is 0 Å². The van der Waals surface area contributed by atoms with E-state index in [9.17, 15) is 29.4 Å². The fourth-order valence-corrected chi connectivity index (χ4v) is 5.91. The maximum absolute atomic E-state index is 12.8. The van der Waals surface area contributed by atoms with Gasteiger partial charge < -0.3 is 15.5 Å². The molecule has 2 atom stereocenters. The van der Waals surface area contributed by atoms with Gasteiger partial charge in [-0.1, -0.05) is 30.0 Å². The van der Waals surface area contributed by atoms with E-state index >= 15 is 0 Å². The summed E-state index contributed by atoms with van der Waals surface area (Å²) < 4.78 is 1.47. The number of fused-ring (bicyclic) bond motifs is 1. The van der Waals surface area contributed by atoms with Crippen molar-refractivity contribution in [3.8, 4) is 0 Å². The van der Waals surface area contributed by atoms with Gasteiger partial charge in [0.1, 0.15) is 17.1 Å². The van der Waals surface area contributed by atoms with Gasteiger partial charge in [0.25, 0.3) is 5.91 Å². The van der Waals surface area contributed by atoms with Gasteiger partial charge in [0.15, 0.2) is 0 Å². The van der Waals surface area contributed by atoms with Crippen LogP contribution in [0.1, 0.15) is 15.9 Å². The number of carbonyl (C=O) groups is 4. The number of benzene rings is 1. The Morgan fingerprint density at radius 1 is 1.20 bits per heavy atom. The summed E-state index contributed by atoms with van der Waals surface area (Å²) in [5.41, 5.74) is 0.807. The summed E-state index contributed by atoms with van der Waals surface area (Å²) in [7, 11) is 1.67. The summed E-state index contributed by atoms with van der Waals surface area (Å²) >= 11 is 2.62. The Hall–Kier alpha value is -1.39. The number of nitrogens with zero attached hydrogens (tertiary/aromatic N) is 5. The molecule has 2 aliphatic heterocycles. The van der Waals surface area contributed by atoms with Crippen LogP contribution in [0.15, 0.2) is 40.7 Å². The van der Waals surface area contributed by atoms with Gasteiger partial charge in [-0.2, -0.15) is 0 Å². The van der Waals surface area contributed by atoms with E-state index in [-0.39, 0.29) is 76.8 Å². The van der Waals surface area contributed by atoms with Crippen LogP contribution in [-0.2, 0) is 27.9 Å². The van der Waals surface area contributed by atoms with Crippen LogP contribution in [0.2, 0.25) is 0 Å². The van der Waals surface area contributed by atoms with E-state index in [0.29, 0.717) is 27.8 Å². The number of rotatable bonds is 8. The second kappa shape index (κ2) is 12.7. The number of aromatic nitrogens is 4. The topological polar surface area (TPSA) is 168 Å². The number of hydrogen-bond donors (Lipinski definition) is 3. The Bertz CT molecular complexity index is 1190. The number of tetrazole rings is 1. The van der Waals surface area contributed by atoms with Crippen molar-refractivity contribution >= 4 is 106 Å². The van der Waals surface area contributed by atoms with Crippen LogP contribution in [0.3, 0.4) is 0 Å². The number of β-lactam (4-membered cyclic amide) rings is 1. The molecule has 2 aromatic rings. The Kier molecular flexibility index (Phi) is 10.8. The first-order chi connectivity index (χ1) is 15.8. The van der Waals surface area contributed by atoms with E-state index in [1.165, 1.54) is 45.2 Å². The quantitative estimate of drug-likeness (QED) is 0.207. The molecule has 0 aliphatic carbocycles. The number of hydrogen-bond acceptors (Lipinski definition) is 9. The average molecular weight is 539 g/mol. The van der Waals surface area contributed by atoms with Crippen molar-refractivity contribution in [1.29, 1.82) is 0 Å². The number of thioether (sulfide) groups is 2. The molecule has 3 N–H and O–H groups in total. The van der Waals surface area contributed by atoms with E-state index in [0.717, 1.165) is 0 Å². The zero-order valence-electron chi connectivity index (χ0n) is 17.2. The summed E-state index contributed by atoms with van der Waals surface area (Å²) in [5, 5.41) is 32.7. The summed E-state index contributed by atoms with van der Waals surface area (Å²) in [4.78, 5) is 49.8. The fourth-order valence-electron chi connectivity index (χ4n) is 3.57. The van der Waals surface area contributed by atoms with Crippen LogP contribution in [0.25, 0.3) is 0 Å². The molecule has 1 aromatic carbocycles. The van der Waals surface area contributed by atoms with E-state index in [1.807, 2.05) is 0 Å². The van der Waals surface area contributed by atoms with Crippen molar-refractivity contribution < 1.29 is 29.4 Å². The molecule has 1 aromatic heterocycles. The van der Waals surface area contributed by atoms with Gasteiger partial charge in [0.05, 0.1) is 12.0 Å². The molecule has 0 saturated carbocycles. The van der Waals surface area contributed by atoms with Crippen LogP contribution in [0.5, 0.6) is 0 Å². The van der Waals surface area contributed by atoms with E-state index < -0.39 is 35.2 Å². The minimum absolute atomic E-state index is 0. The van der Waals surface area contributed by atoms with E-state index in [2.05, 4.69) is 20.8 Å². The Morgan fingerprint density at radius 2 is 1.91 bits per heavy atom. The van der Waals surface area contributed by atoms with Gasteiger partial charge in [-0.3, -0.25) is 14.5 Å². The molecule has 3 heterocycles. The van der Waals surface area contributed by atoms with Crippen molar-refractivity contribution in [3.05, 3.63) is 46.7 Å². The maximum atomic E-state index is 12.8. The third-order valence-corrected chi connectivity index (χ3v) is 7.56. The minimum atomic E-state index is -1.22. The zero-order valence-corrected chi connectivity index (χ0v) is 18.8. The second-order valence-electron chi connectivity index (χ2n) is 7.23. The van der Waals surface area contributed by atoms with Gasteiger partial charge in [0, 0.05) is 18.6 Å². The summed E-state index contributed by atoms with van der Waals surface area (Å²) in [6, 6.07) is 5.25. The summed E-state index contributed by atoms with van der Waals surface area (Å²) in [6.45, 7) is 0. The molecule has 1 saturated heterocycles. The molecule has 2 amide bonds. The van der Waals surface area contributed by atoms with Gasteiger partial charge >= 0.3 is 71.1 Å². The summed E-state index contributed by atoms with van der Waals surface area (Å²) in [5.74, 6) is -2.75. The first-order valence-corrected chi connectivity index (χ1v) is 11.7. The first-order valence-electron chi connectivity index (χ1n) is 9.63. The number of amides is 2. The molecule has 35 heavy (non-hydrogen) atoms. The predicted molar refractivity (Wildman–Crippen MR) is 131 cm³/mol. The Morgan fingerprint density at radius 3 is 2.54 bits per heavy atom. The molecular formula is C19H20N6Na2O6S2. The molecule has 12 nitrogen and oxygen atoms in total. The molecule has 1 unspecified atom stereocenters. The van der Waals surface area contributed by atoms with Gasteiger partial charge in [-0.15, -0.1) is 16.9 Å². The predicted octanol–water partition coefficient (Wildman–Crippen LogP) is -1.32. The molecule has 0 spiro atoms. The third-order valence-electron chi connectivity index (χ3n) is 5.12. The van der Waals surface area contributed by atoms with Crippen molar-refractivity contribution in [1.82, 2.24) is 30.4 Å². The number of carboxylic acids is 2. The van der Waals surface area contributed by atoms with Crippen LogP contribution in [-0.4, -0.2) is 141 Å². The van der Waals surface area contributed by atoms with Crippen LogP contribution < -0.4 is 5.32 Å². The molecular weight excluding hydrogens is 518 g/mol. The Balaban J connectivity index is 0.00000216. The molecule has 16 heteroatoms. The number of aryl methyl sites for hydroxylation is 1. The number of aromatic carboxylic acids is 1. The molecule has 4 rings (SSSR count). The van der Waals surface area contributed by atoms with Gasteiger partial charge in [-0.25, -0.2) is 14.3 Å². The van der Waals surface area contributed by atoms with E-state index in [4.69, 9.17) is 0 Å². The second-order valence-corrected chi connectivity index (χ2v) is 9.27. The standard InChI is InChI=1S/C19H18N6O6S2.2Na.2H/c1-24-19(21-22-23-24)33-8-10-7-32-16-13(15(27)25(16)14(10)18(30)31)20-12(26)6-9-4-2-3-5-11(9)17(28)29;;;;/h2-5,13,16H,6-8H2,1H3,(H,20,26)(H,28,29)(H,30,31);;;;/t13?,16-;;;;/m1..../s1. The van der Waals surface area contributed by atoms with Crippen LogP contribution in [0, 0.1) is 0 Å². The van der Waals surface area contributed by atoms with E-state index in [1.54, 1.807) is 19.2 Å². The van der Waals surface area contributed by atoms with Crippen molar-refractivity contribution in [2.75, 3.05) is 11.5 Å². The fraction of sp³-hybridized carbons (Fsp3) is 0.316. The molecule has 0 bridgehead atoms. The van der Waals surface area contributed by atoms with Crippen molar-refractivity contribution in [2.45, 2.75) is 23.0 Å². The van der Waals surface area contributed by atoms with Crippen LogP contribution >= 0.6 is 23.5 Å². The van der Waals surface area contributed by atoms with Crippen LogP contribution in [0.4, 0.5) is 0 Å². The first kappa shape index (κ1) is 29.8. The zero-order chi connectivity index (χ0) is 23.7. The number of aliphatic carboxylic acids is 1. The average Bonchev–Trinajstić information content (AvgIpc) is 3.20. The number of carboxylic acid groups (broad SMARTS) is 2. The SMILES string of the molecule is Cn1nnnc1SCC1=C(C(=O)O)N2C(=O)C(NC(=O)Cc3ccccc3C(=O)O)[C@H]2SC1.[NaH].[NaH]. The number of nitrogens with one attached hydrogen (secondary N) is 1. The molecule has 176 valence electrons. The molecule has 0 radical (unpaired) electrons. The van der Waals surface area contributed by atoms with Crippen molar-refractivity contribution in [2.24, 2.45) is 7.05 Å². The summed E-state index contributed by atoms with van der Waals surface area (Å²) in [6.07, 6.45) is -0.209. The molecule has 2 aliphatic rings. The van der Waals surface area contributed by atoms with Gasteiger partial charge in [-0.05, 0) is 27.6 Å².